The van der Waals surface area contributed by atoms with Gasteiger partial charge in [-0.2, -0.15) is 11.8 Å². The van der Waals surface area contributed by atoms with E-state index >= 15 is 0 Å². The average molecular weight is 257 g/mol. The molecule has 0 bridgehead atoms. The highest BCUT2D eigenvalue weighted by atomic mass is 32.2. The molecule has 0 spiro atoms. The van der Waals surface area contributed by atoms with Crippen LogP contribution in [0.5, 0.6) is 0 Å². The number of nitrogens with two attached hydrogens (primary N) is 1. The highest BCUT2D eigenvalue weighted by molar-refractivity contribution is 8.00. The Morgan fingerprint density at radius 3 is 2.53 bits per heavy atom. The fourth-order valence-corrected chi connectivity index (χ4v) is 3.11. The van der Waals surface area contributed by atoms with E-state index in [-0.39, 0.29) is 0 Å². The molecular formula is C13H27N3S. The molecule has 4 heteroatoms. The molecule has 3 nitrogen and oxygen atoms in total. The SMILES string of the molecule is CSC1(CN=C(N)NCC(C)C)CCCCC1. The van der Waals surface area contributed by atoms with Crippen molar-refractivity contribution in [1.82, 2.24) is 5.32 Å². The topological polar surface area (TPSA) is 50.4 Å². The summed E-state index contributed by atoms with van der Waals surface area (Å²) in [4.78, 5) is 4.53. The Morgan fingerprint density at radius 2 is 2.00 bits per heavy atom. The summed E-state index contributed by atoms with van der Waals surface area (Å²) < 4.78 is 0.350. The molecule has 0 aromatic carbocycles. The summed E-state index contributed by atoms with van der Waals surface area (Å²) in [5.74, 6) is 1.21. The average Bonchev–Trinajstić information content (AvgIpc) is 2.35. The van der Waals surface area contributed by atoms with Crippen LogP contribution in [0.2, 0.25) is 0 Å². The molecule has 3 N–H and O–H groups in total. The Bertz CT molecular complexity index is 245. The third-order valence-electron chi connectivity index (χ3n) is 3.43. The minimum atomic E-state index is 0.350. The lowest BCUT2D eigenvalue weighted by Gasteiger charge is -2.34. The number of hydrogen-bond donors (Lipinski definition) is 2. The van der Waals surface area contributed by atoms with Crippen LogP contribution in [0.25, 0.3) is 0 Å². The molecule has 1 rings (SSSR count). The summed E-state index contributed by atoms with van der Waals surface area (Å²) >= 11 is 1.97. The van der Waals surface area contributed by atoms with Crippen LogP contribution in [-0.2, 0) is 0 Å². The van der Waals surface area contributed by atoms with Crippen molar-refractivity contribution >= 4 is 17.7 Å². The van der Waals surface area contributed by atoms with Gasteiger partial charge in [0.15, 0.2) is 5.96 Å². The molecule has 100 valence electrons. The fourth-order valence-electron chi connectivity index (χ4n) is 2.22. The fraction of sp³-hybridized carbons (Fsp3) is 0.923. The van der Waals surface area contributed by atoms with Crippen molar-refractivity contribution in [2.45, 2.75) is 50.7 Å². The molecule has 0 saturated heterocycles. The van der Waals surface area contributed by atoms with Crippen LogP contribution in [-0.4, -0.2) is 30.1 Å². The van der Waals surface area contributed by atoms with Gasteiger partial charge in [-0.15, -0.1) is 0 Å². The van der Waals surface area contributed by atoms with Gasteiger partial charge in [-0.3, -0.25) is 4.99 Å². The van der Waals surface area contributed by atoms with Crippen LogP contribution in [0, 0.1) is 5.92 Å². The first-order valence-corrected chi connectivity index (χ1v) is 7.89. The number of thioether (sulfide) groups is 1. The molecule has 0 heterocycles. The van der Waals surface area contributed by atoms with Gasteiger partial charge in [0, 0.05) is 11.3 Å². The van der Waals surface area contributed by atoms with E-state index in [1.807, 2.05) is 11.8 Å². The van der Waals surface area contributed by atoms with E-state index in [0.29, 0.717) is 16.6 Å². The smallest absolute Gasteiger partial charge is 0.188 e. The van der Waals surface area contributed by atoms with Gasteiger partial charge in [-0.1, -0.05) is 33.1 Å². The van der Waals surface area contributed by atoms with Gasteiger partial charge in [0.2, 0.25) is 0 Å². The van der Waals surface area contributed by atoms with Crippen molar-refractivity contribution in [2.24, 2.45) is 16.6 Å². The number of guanidine groups is 1. The summed E-state index contributed by atoms with van der Waals surface area (Å²) in [6.07, 6.45) is 8.85. The normalized spacial score (nSPS) is 20.6. The highest BCUT2D eigenvalue weighted by Crippen LogP contribution is 2.38. The third-order valence-corrected chi connectivity index (χ3v) is 4.83. The maximum Gasteiger partial charge on any atom is 0.188 e. The summed E-state index contributed by atoms with van der Waals surface area (Å²) in [5, 5.41) is 3.18. The van der Waals surface area contributed by atoms with Crippen molar-refractivity contribution in [3.8, 4) is 0 Å². The molecule has 0 radical (unpaired) electrons. The number of nitrogens with zero attached hydrogens (tertiary/aromatic N) is 1. The molecule has 0 atom stereocenters. The van der Waals surface area contributed by atoms with Gasteiger partial charge < -0.3 is 11.1 Å². The highest BCUT2D eigenvalue weighted by Gasteiger charge is 2.30. The summed E-state index contributed by atoms with van der Waals surface area (Å²) in [6, 6.07) is 0. The summed E-state index contributed by atoms with van der Waals surface area (Å²) in [7, 11) is 0. The van der Waals surface area contributed by atoms with Crippen molar-refractivity contribution < 1.29 is 0 Å². The number of nitrogens with one attached hydrogen (secondary N) is 1. The molecule has 0 aromatic heterocycles. The number of rotatable bonds is 5. The second-order valence-electron chi connectivity index (χ2n) is 5.42. The van der Waals surface area contributed by atoms with Crippen LogP contribution in [0.3, 0.4) is 0 Å². The zero-order valence-electron chi connectivity index (χ0n) is 11.5. The zero-order chi connectivity index (χ0) is 12.7. The van der Waals surface area contributed by atoms with E-state index in [2.05, 4.69) is 30.4 Å². The molecule has 0 unspecified atom stereocenters. The van der Waals surface area contributed by atoms with Gasteiger partial charge in [-0.25, -0.2) is 0 Å². The van der Waals surface area contributed by atoms with Crippen molar-refractivity contribution in [3.05, 3.63) is 0 Å². The van der Waals surface area contributed by atoms with Gasteiger partial charge >= 0.3 is 0 Å². The summed E-state index contributed by atoms with van der Waals surface area (Å²) in [6.45, 7) is 6.11. The molecule has 1 aliphatic carbocycles. The van der Waals surface area contributed by atoms with E-state index in [9.17, 15) is 0 Å². The zero-order valence-corrected chi connectivity index (χ0v) is 12.3. The maximum absolute atomic E-state index is 5.88. The van der Waals surface area contributed by atoms with Gasteiger partial charge in [-0.05, 0) is 25.0 Å². The van der Waals surface area contributed by atoms with Crippen LogP contribution < -0.4 is 11.1 Å². The molecule has 1 fully saturated rings. The number of hydrogen-bond acceptors (Lipinski definition) is 2. The van der Waals surface area contributed by atoms with E-state index in [1.165, 1.54) is 32.1 Å². The Hall–Kier alpha value is -0.380. The predicted molar refractivity (Wildman–Crippen MR) is 78.7 cm³/mol. The molecule has 1 aliphatic rings. The first-order chi connectivity index (χ1) is 8.08. The monoisotopic (exact) mass is 257 g/mol. The van der Waals surface area contributed by atoms with Crippen LogP contribution in [0.4, 0.5) is 0 Å². The second kappa shape index (κ2) is 7.14. The van der Waals surface area contributed by atoms with Crippen LogP contribution >= 0.6 is 11.8 Å². The first-order valence-electron chi connectivity index (χ1n) is 6.67. The summed E-state index contributed by atoms with van der Waals surface area (Å²) in [5.41, 5.74) is 5.88. The predicted octanol–water partition coefficient (Wildman–Crippen LogP) is 2.61. The van der Waals surface area contributed by atoms with E-state index < -0.39 is 0 Å². The Morgan fingerprint density at radius 1 is 1.35 bits per heavy atom. The lowest BCUT2D eigenvalue weighted by Crippen LogP contribution is -2.37. The minimum Gasteiger partial charge on any atom is -0.370 e. The van der Waals surface area contributed by atoms with Gasteiger partial charge in [0.05, 0.1) is 6.54 Å². The van der Waals surface area contributed by atoms with E-state index in [4.69, 9.17) is 5.73 Å². The molecule has 17 heavy (non-hydrogen) atoms. The van der Waals surface area contributed by atoms with E-state index in [1.54, 1.807) is 0 Å². The Kier molecular flexibility index (Phi) is 6.17. The van der Waals surface area contributed by atoms with Gasteiger partial charge in [0.1, 0.15) is 0 Å². The van der Waals surface area contributed by atoms with Gasteiger partial charge in [0.25, 0.3) is 0 Å². The van der Waals surface area contributed by atoms with Crippen molar-refractivity contribution in [2.75, 3.05) is 19.3 Å². The van der Waals surface area contributed by atoms with Crippen molar-refractivity contribution in [3.63, 3.8) is 0 Å². The molecular weight excluding hydrogens is 230 g/mol. The number of aliphatic imine (C=N–C) groups is 1. The largest absolute Gasteiger partial charge is 0.370 e. The molecule has 0 aliphatic heterocycles. The Labute approximate surface area is 110 Å². The second-order valence-corrected chi connectivity index (χ2v) is 6.70. The third kappa shape index (κ3) is 5.19. The first kappa shape index (κ1) is 14.7. The van der Waals surface area contributed by atoms with Crippen LogP contribution in [0.15, 0.2) is 4.99 Å². The molecule has 1 saturated carbocycles. The minimum absolute atomic E-state index is 0.350. The van der Waals surface area contributed by atoms with E-state index in [0.717, 1.165) is 13.1 Å². The maximum atomic E-state index is 5.88. The van der Waals surface area contributed by atoms with Crippen molar-refractivity contribution in [1.29, 1.82) is 0 Å². The molecule has 0 aromatic rings. The lowest BCUT2D eigenvalue weighted by atomic mass is 9.88. The quantitative estimate of drug-likeness (QED) is 0.588. The standard InChI is InChI=1S/C13H27N3S/c1-11(2)9-15-12(14)16-10-13(17-3)7-5-4-6-8-13/h11H,4-10H2,1-3H3,(H3,14,15,16). The molecule has 0 amide bonds. The van der Waals surface area contributed by atoms with Crippen LogP contribution in [0.1, 0.15) is 46.0 Å². The Balaban J connectivity index is 2.42. The lowest BCUT2D eigenvalue weighted by molar-refractivity contribution is 0.404.